The maximum Gasteiger partial charge on any atom is 0.417 e. The molecule has 0 aliphatic carbocycles. The Morgan fingerprint density at radius 1 is 1.19 bits per heavy atom. The van der Waals surface area contributed by atoms with Gasteiger partial charge in [-0.25, -0.2) is 0 Å². The minimum absolute atomic E-state index is 0.212. The molecule has 0 radical (unpaired) electrons. The molecule has 0 saturated carbocycles. The average Bonchev–Trinajstić information content (AvgIpc) is 2.43. The molecular weight excluding hydrogens is 369 g/mol. The molecule has 21 heavy (non-hydrogen) atoms. The van der Waals surface area contributed by atoms with Crippen LogP contribution < -0.4 is 5.32 Å². The SMILES string of the molecule is N#Cc1ccc(Nc2cccc(Cl)c2Br)cc1C(F)(F)F. The third kappa shape index (κ3) is 3.49. The first kappa shape index (κ1) is 15.7. The van der Waals surface area contributed by atoms with Crippen molar-refractivity contribution in [2.75, 3.05) is 5.32 Å². The van der Waals surface area contributed by atoms with Crippen molar-refractivity contribution < 1.29 is 13.2 Å². The summed E-state index contributed by atoms with van der Waals surface area (Å²) in [4.78, 5) is 0. The first-order valence-electron chi connectivity index (χ1n) is 5.65. The smallest absolute Gasteiger partial charge is 0.355 e. The first-order valence-corrected chi connectivity index (χ1v) is 6.82. The quantitative estimate of drug-likeness (QED) is 0.727. The molecule has 2 aromatic carbocycles. The molecule has 2 nitrogen and oxygen atoms in total. The minimum Gasteiger partial charge on any atom is -0.355 e. The van der Waals surface area contributed by atoms with Gasteiger partial charge in [-0.1, -0.05) is 17.7 Å². The van der Waals surface area contributed by atoms with Gasteiger partial charge in [-0.15, -0.1) is 0 Å². The Bertz CT molecular complexity index is 723. The first-order chi connectivity index (χ1) is 9.82. The molecule has 0 bridgehead atoms. The average molecular weight is 376 g/mol. The number of halogens is 5. The van der Waals surface area contributed by atoms with E-state index in [1.165, 1.54) is 12.1 Å². The van der Waals surface area contributed by atoms with Crippen molar-refractivity contribution in [1.82, 2.24) is 0 Å². The van der Waals surface area contributed by atoms with E-state index in [1.807, 2.05) is 0 Å². The summed E-state index contributed by atoms with van der Waals surface area (Å²) in [6.45, 7) is 0. The van der Waals surface area contributed by atoms with E-state index < -0.39 is 17.3 Å². The lowest BCUT2D eigenvalue weighted by molar-refractivity contribution is -0.137. The number of benzene rings is 2. The molecule has 0 heterocycles. The van der Waals surface area contributed by atoms with E-state index in [4.69, 9.17) is 16.9 Å². The highest BCUT2D eigenvalue weighted by Crippen LogP contribution is 2.36. The van der Waals surface area contributed by atoms with Gasteiger partial charge in [-0.2, -0.15) is 18.4 Å². The van der Waals surface area contributed by atoms with Crippen LogP contribution in [-0.4, -0.2) is 0 Å². The van der Waals surface area contributed by atoms with Crippen molar-refractivity contribution in [3.8, 4) is 6.07 Å². The highest BCUT2D eigenvalue weighted by Gasteiger charge is 2.33. The predicted molar refractivity (Wildman–Crippen MR) is 78.6 cm³/mol. The van der Waals surface area contributed by atoms with Gasteiger partial charge in [0.25, 0.3) is 0 Å². The number of hydrogen-bond donors (Lipinski definition) is 1. The topological polar surface area (TPSA) is 35.8 Å². The van der Waals surface area contributed by atoms with E-state index in [-0.39, 0.29) is 5.69 Å². The Balaban J connectivity index is 2.43. The van der Waals surface area contributed by atoms with Crippen LogP contribution in [0, 0.1) is 11.3 Å². The molecule has 1 N–H and O–H groups in total. The lowest BCUT2D eigenvalue weighted by Gasteiger charge is -2.13. The summed E-state index contributed by atoms with van der Waals surface area (Å²) in [5.74, 6) is 0. The van der Waals surface area contributed by atoms with E-state index in [9.17, 15) is 13.2 Å². The fourth-order valence-electron chi connectivity index (χ4n) is 1.71. The molecule has 0 amide bonds. The number of nitrogens with zero attached hydrogens (tertiary/aromatic N) is 1. The fourth-order valence-corrected chi connectivity index (χ4v) is 2.25. The molecule has 2 aromatic rings. The normalized spacial score (nSPS) is 11.0. The molecule has 0 unspecified atom stereocenters. The number of hydrogen-bond acceptors (Lipinski definition) is 2. The molecular formula is C14H7BrClF3N2. The summed E-state index contributed by atoms with van der Waals surface area (Å²) in [7, 11) is 0. The van der Waals surface area contributed by atoms with E-state index in [2.05, 4.69) is 21.2 Å². The Morgan fingerprint density at radius 3 is 2.52 bits per heavy atom. The highest BCUT2D eigenvalue weighted by molar-refractivity contribution is 9.10. The van der Waals surface area contributed by atoms with Crippen LogP contribution in [0.2, 0.25) is 5.02 Å². The molecule has 0 aliphatic heterocycles. The van der Waals surface area contributed by atoms with Gasteiger partial charge in [-0.3, -0.25) is 0 Å². The van der Waals surface area contributed by atoms with Crippen LogP contribution in [0.1, 0.15) is 11.1 Å². The number of nitriles is 1. The Labute approximate surface area is 132 Å². The summed E-state index contributed by atoms with van der Waals surface area (Å²) in [6.07, 6.45) is -4.59. The van der Waals surface area contributed by atoms with Crippen LogP contribution >= 0.6 is 27.5 Å². The second-order valence-corrected chi connectivity index (χ2v) is 5.30. The van der Waals surface area contributed by atoms with Gasteiger partial charge in [0.15, 0.2) is 0 Å². The molecule has 0 spiro atoms. The van der Waals surface area contributed by atoms with Crippen molar-refractivity contribution in [2.24, 2.45) is 0 Å². The van der Waals surface area contributed by atoms with Gasteiger partial charge in [0.1, 0.15) is 0 Å². The third-order valence-corrected chi connectivity index (χ3v) is 4.07. The predicted octanol–water partition coefficient (Wildman–Crippen LogP) is 5.74. The summed E-state index contributed by atoms with van der Waals surface area (Å²) >= 11 is 9.18. The molecule has 7 heteroatoms. The van der Waals surface area contributed by atoms with Crippen LogP contribution in [-0.2, 0) is 6.18 Å². The standard InChI is InChI=1S/C14H7BrClF3N2/c15-13-11(16)2-1-3-12(13)21-9-5-4-8(7-20)10(6-9)14(17,18)19/h1-6,21H. The number of alkyl halides is 3. The van der Waals surface area contributed by atoms with Crippen molar-refractivity contribution in [3.05, 3.63) is 57.0 Å². The summed E-state index contributed by atoms with van der Waals surface area (Å²) < 4.78 is 39.2. The molecule has 0 aliphatic rings. The van der Waals surface area contributed by atoms with Gasteiger partial charge in [0.05, 0.1) is 32.4 Å². The van der Waals surface area contributed by atoms with E-state index in [0.29, 0.717) is 15.2 Å². The molecule has 0 aromatic heterocycles. The summed E-state index contributed by atoms with van der Waals surface area (Å²) in [5, 5.41) is 12.0. The van der Waals surface area contributed by atoms with E-state index >= 15 is 0 Å². The van der Waals surface area contributed by atoms with Crippen LogP contribution in [0.4, 0.5) is 24.5 Å². The maximum absolute atomic E-state index is 12.9. The zero-order valence-corrected chi connectivity index (χ0v) is 12.6. The zero-order chi connectivity index (χ0) is 15.6. The molecule has 0 fully saturated rings. The lowest BCUT2D eigenvalue weighted by atomic mass is 10.1. The van der Waals surface area contributed by atoms with Crippen LogP contribution in [0.5, 0.6) is 0 Å². The van der Waals surface area contributed by atoms with Crippen LogP contribution in [0.3, 0.4) is 0 Å². The lowest BCUT2D eigenvalue weighted by Crippen LogP contribution is -2.08. The van der Waals surface area contributed by atoms with E-state index in [1.54, 1.807) is 18.2 Å². The van der Waals surface area contributed by atoms with Gasteiger partial charge in [0.2, 0.25) is 0 Å². The summed E-state index contributed by atoms with van der Waals surface area (Å²) in [5.41, 5.74) is -0.656. The van der Waals surface area contributed by atoms with Crippen molar-refractivity contribution in [3.63, 3.8) is 0 Å². The Morgan fingerprint density at radius 2 is 1.90 bits per heavy atom. The third-order valence-electron chi connectivity index (χ3n) is 2.68. The Hall–Kier alpha value is -1.71. The monoisotopic (exact) mass is 374 g/mol. The number of anilines is 2. The molecule has 2 rings (SSSR count). The van der Waals surface area contributed by atoms with Gasteiger partial charge >= 0.3 is 6.18 Å². The molecule has 0 atom stereocenters. The molecule has 108 valence electrons. The largest absolute Gasteiger partial charge is 0.417 e. The second kappa shape index (κ2) is 5.96. The zero-order valence-electron chi connectivity index (χ0n) is 10.3. The molecule has 0 saturated heterocycles. The Kier molecular flexibility index (Phi) is 4.45. The highest BCUT2D eigenvalue weighted by atomic mass is 79.9. The van der Waals surface area contributed by atoms with Gasteiger partial charge in [-0.05, 0) is 46.3 Å². The maximum atomic E-state index is 12.9. The number of nitrogens with one attached hydrogen (secondary N) is 1. The fraction of sp³-hybridized carbons (Fsp3) is 0.0714. The number of rotatable bonds is 2. The minimum atomic E-state index is -4.59. The second-order valence-electron chi connectivity index (χ2n) is 4.10. The van der Waals surface area contributed by atoms with Crippen LogP contribution in [0.15, 0.2) is 40.9 Å². The van der Waals surface area contributed by atoms with Gasteiger partial charge in [0, 0.05) is 5.69 Å². The van der Waals surface area contributed by atoms with Crippen molar-refractivity contribution >= 4 is 38.9 Å². The van der Waals surface area contributed by atoms with E-state index in [0.717, 1.165) is 12.1 Å². The van der Waals surface area contributed by atoms with Crippen molar-refractivity contribution in [1.29, 1.82) is 5.26 Å². The van der Waals surface area contributed by atoms with Crippen LogP contribution in [0.25, 0.3) is 0 Å². The van der Waals surface area contributed by atoms with Gasteiger partial charge < -0.3 is 5.32 Å². The van der Waals surface area contributed by atoms with Crippen molar-refractivity contribution in [2.45, 2.75) is 6.18 Å². The summed E-state index contributed by atoms with van der Waals surface area (Å²) in [6, 6.07) is 9.95.